The van der Waals surface area contributed by atoms with Crippen molar-refractivity contribution in [3.8, 4) is 16.9 Å². The lowest BCUT2D eigenvalue weighted by Gasteiger charge is -2.12. The van der Waals surface area contributed by atoms with Gasteiger partial charge < -0.3 is 9.47 Å². The van der Waals surface area contributed by atoms with E-state index in [1.165, 1.54) is 7.11 Å². The molecule has 6 nitrogen and oxygen atoms in total. The summed E-state index contributed by atoms with van der Waals surface area (Å²) in [7, 11) is 1.33. The molecule has 22 heavy (non-hydrogen) atoms. The lowest BCUT2D eigenvalue weighted by atomic mass is 10.0. The van der Waals surface area contributed by atoms with E-state index in [9.17, 15) is 4.79 Å². The molecule has 0 fully saturated rings. The number of esters is 1. The van der Waals surface area contributed by atoms with Crippen molar-refractivity contribution in [2.75, 3.05) is 13.8 Å². The Labute approximate surface area is 131 Å². The normalized spacial score (nSPS) is 9.73. The molecule has 0 saturated carbocycles. The van der Waals surface area contributed by atoms with E-state index in [2.05, 4.69) is 14.8 Å². The van der Waals surface area contributed by atoms with Gasteiger partial charge >= 0.3 is 5.97 Å². The zero-order valence-electron chi connectivity index (χ0n) is 11.7. The van der Waals surface area contributed by atoms with E-state index in [0.29, 0.717) is 21.9 Å². The molecule has 0 bridgehead atoms. The van der Waals surface area contributed by atoms with Gasteiger partial charge in [-0.25, -0.2) is 4.79 Å². The molecular formula is C15H12ClN3O3. The summed E-state index contributed by atoms with van der Waals surface area (Å²) in [6, 6.07) is 12.0. The molecule has 0 amide bonds. The highest BCUT2D eigenvalue weighted by Gasteiger charge is 2.12. The summed E-state index contributed by atoms with van der Waals surface area (Å²) in [6.07, 6.45) is 0. The third kappa shape index (κ3) is 3.49. The number of methoxy groups -OCH3 is 1. The maximum atomic E-state index is 11.5. The molecule has 0 N–H and O–H groups in total. The average Bonchev–Trinajstić information content (AvgIpc) is 2.55. The van der Waals surface area contributed by atoms with Crippen LogP contribution in [0.2, 0.25) is 5.02 Å². The molecule has 2 aromatic carbocycles. The van der Waals surface area contributed by atoms with E-state index in [4.69, 9.17) is 21.9 Å². The van der Waals surface area contributed by atoms with Crippen LogP contribution in [0.5, 0.6) is 5.75 Å². The van der Waals surface area contributed by atoms with Gasteiger partial charge in [0.05, 0.1) is 17.7 Å². The highest BCUT2D eigenvalue weighted by molar-refractivity contribution is 6.33. The summed E-state index contributed by atoms with van der Waals surface area (Å²) in [6.45, 7) is -0.135. The molecule has 7 heteroatoms. The monoisotopic (exact) mass is 317 g/mol. The van der Waals surface area contributed by atoms with Gasteiger partial charge in [-0.3, -0.25) is 0 Å². The second kappa shape index (κ2) is 7.36. The van der Waals surface area contributed by atoms with Crippen molar-refractivity contribution in [3.05, 3.63) is 63.5 Å². The largest absolute Gasteiger partial charge is 0.487 e. The van der Waals surface area contributed by atoms with E-state index in [1.54, 1.807) is 42.5 Å². The third-order valence-electron chi connectivity index (χ3n) is 2.91. The molecule has 0 aliphatic rings. The Morgan fingerprint density at radius 3 is 2.64 bits per heavy atom. The number of carbonyl (C=O) groups is 1. The van der Waals surface area contributed by atoms with Crippen LogP contribution in [0.15, 0.2) is 47.6 Å². The van der Waals surface area contributed by atoms with Crippen LogP contribution < -0.4 is 4.74 Å². The number of azide groups is 1. The summed E-state index contributed by atoms with van der Waals surface area (Å²) in [4.78, 5) is 14.1. The number of hydrogen-bond donors (Lipinski definition) is 0. The molecule has 0 spiro atoms. The fraction of sp³-hybridized carbons (Fsp3) is 0.133. The number of ether oxygens (including phenoxy) is 2. The molecule has 0 aromatic heterocycles. The maximum Gasteiger partial charge on any atom is 0.337 e. The molecule has 0 unspecified atom stereocenters. The van der Waals surface area contributed by atoms with Gasteiger partial charge in [-0.1, -0.05) is 34.9 Å². The lowest BCUT2D eigenvalue weighted by molar-refractivity contribution is 0.0601. The average molecular weight is 318 g/mol. The van der Waals surface area contributed by atoms with Crippen molar-refractivity contribution in [1.29, 1.82) is 0 Å². The van der Waals surface area contributed by atoms with E-state index in [-0.39, 0.29) is 6.73 Å². The number of halogens is 1. The van der Waals surface area contributed by atoms with E-state index < -0.39 is 5.97 Å². The van der Waals surface area contributed by atoms with Gasteiger partial charge in [0.15, 0.2) is 6.73 Å². The van der Waals surface area contributed by atoms with E-state index in [0.717, 1.165) is 5.56 Å². The van der Waals surface area contributed by atoms with Crippen molar-refractivity contribution >= 4 is 17.6 Å². The first kappa shape index (κ1) is 15.7. The fourth-order valence-electron chi connectivity index (χ4n) is 1.92. The minimum atomic E-state index is -0.412. The van der Waals surface area contributed by atoms with Crippen molar-refractivity contribution in [3.63, 3.8) is 0 Å². The molecule has 2 rings (SSSR count). The van der Waals surface area contributed by atoms with Crippen molar-refractivity contribution in [2.45, 2.75) is 0 Å². The number of rotatable bonds is 5. The Morgan fingerprint density at radius 1 is 1.27 bits per heavy atom. The molecule has 112 valence electrons. The SMILES string of the molecule is COC(=O)c1ccc(-c2c(Cl)cccc2OCN=[N+]=[N-])cc1. The number of nitrogens with zero attached hydrogens (tertiary/aromatic N) is 3. The van der Waals surface area contributed by atoms with Gasteiger partial charge in [0.2, 0.25) is 0 Å². The number of benzene rings is 2. The van der Waals surface area contributed by atoms with Gasteiger partial charge in [-0.15, -0.1) is 0 Å². The quantitative estimate of drug-likeness (QED) is 0.353. The van der Waals surface area contributed by atoms with Crippen LogP contribution in [-0.2, 0) is 4.74 Å². The number of hydrogen-bond acceptors (Lipinski definition) is 4. The third-order valence-corrected chi connectivity index (χ3v) is 3.23. The van der Waals surface area contributed by atoms with E-state index >= 15 is 0 Å². The summed E-state index contributed by atoms with van der Waals surface area (Å²) < 4.78 is 10.1. The second-order valence-electron chi connectivity index (χ2n) is 4.19. The Balaban J connectivity index is 2.38. The van der Waals surface area contributed by atoms with Crippen molar-refractivity contribution in [1.82, 2.24) is 0 Å². The molecule has 2 aromatic rings. The van der Waals surface area contributed by atoms with Crippen molar-refractivity contribution in [2.24, 2.45) is 5.11 Å². The van der Waals surface area contributed by atoms with Gasteiger partial charge in [-0.05, 0) is 35.4 Å². The minimum absolute atomic E-state index is 0.135. The molecular weight excluding hydrogens is 306 g/mol. The first-order chi connectivity index (χ1) is 10.7. The van der Waals surface area contributed by atoms with Crippen LogP contribution in [0.4, 0.5) is 0 Å². The van der Waals surface area contributed by atoms with Crippen LogP contribution in [0.25, 0.3) is 21.6 Å². The maximum absolute atomic E-state index is 11.5. The Hall–Kier alpha value is -2.69. The summed E-state index contributed by atoms with van der Waals surface area (Å²) in [5, 5.41) is 3.82. The Bertz CT molecular complexity index is 725. The van der Waals surface area contributed by atoms with Gasteiger partial charge in [-0.2, -0.15) is 0 Å². The summed E-state index contributed by atoms with van der Waals surface area (Å²) in [5.41, 5.74) is 10.2. The highest BCUT2D eigenvalue weighted by atomic mass is 35.5. The fourth-order valence-corrected chi connectivity index (χ4v) is 2.19. The van der Waals surface area contributed by atoms with Crippen LogP contribution >= 0.6 is 11.6 Å². The first-order valence-electron chi connectivity index (χ1n) is 6.28. The highest BCUT2D eigenvalue weighted by Crippen LogP contribution is 2.36. The van der Waals surface area contributed by atoms with Gasteiger partial charge in [0, 0.05) is 10.5 Å². The molecule has 0 aliphatic heterocycles. The lowest BCUT2D eigenvalue weighted by Crippen LogP contribution is -2.00. The standard InChI is InChI=1S/C15H12ClN3O3/c1-21-15(20)11-7-5-10(6-8-11)14-12(16)3-2-4-13(14)22-9-18-19-17/h2-8H,9H2,1H3. The Morgan fingerprint density at radius 2 is 2.00 bits per heavy atom. The topological polar surface area (TPSA) is 84.3 Å². The summed E-state index contributed by atoms with van der Waals surface area (Å²) >= 11 is 6.23. The van der Waals surface area contributed by atoms with Crippen LogP contribution in [0, 0.1) is 0 Å². The van der Waals surface area contributed by atoms with Gasteiger partial charge in [0.1, 0.15) is 5.75 Å². The van der Waals surface area contributed by atoms with E-state index in [1.807, 2.05) is 0 Å². The smallest absolute Gasteiger partial charge is 0.337 e. The zero-order valence-corrected chi connectivity index (χ0v) is 12.4. The second-order valence-corrected chi connectivity index (χ2v) is 4.59. The summed E-state index contributed by atoms with van der Waals surface area (Å²) in [5.74, 6) is 0.0799. The van der Waals surface area contributed by atoms with Crippen LogP contribution in [0.3, 0.4) is 0 Å². The zero-order chi connectivity index (χ0) is 15.9. The number of carbonyl (C=O) groups excluding carboxylic acids is 1. The predicted octanol–water partition coefficient (Wildman–Crippen LogP) is 4.44. The molecule has 0 radical (unpaired) electrons. The Kier molecular flexibility index (Phi) is 5.25. The molecule has 0 aliphatic carbocycles. The first-order valence-corrected chi connectivity index (χ1v) is 6.66. The molecule has 0 saturated heterocycles. The minimum Gasteiger partial charge on any atom is -0.487 e. The van der Waals surface area contributed by atoms with Crippen LogP contribution in [-0.4, -0.2) is 19.8 Å². The van der Waals surface area contributed by atoms with Gasteiger partial charge in [0.25, 0.3) is 0 Å². The molecule has 0 heterocycles. The predicted molar refractivity (Wildman–Crippen MR) is 82.9 cm³/mol. The van der Waals surface area contributed by atoms with Crippen molar-refractivity contribution < 1.29 is 14.3 Å². The molecule has 0 atom stereocenters. The van der Waals surface area contributed by atoms with Crippen LogP contribution in [0.1, 0.15) is 10.4 Å².